The summed E-state index contributed by atoms with van der Waals surface area (Å²) in [7, 11) is 0. The lowest BCUT2D eigenvalue weighted by Crippen LogP contribution is -1.87. The third kappa shape index (κ3) is 1.51. The Morgan fingerprint density at radius 3 is 2.86 bits per heavy atom. The van der Waals surface area contributed by atoms with Gasteiger partial charge in [0.05, 0.1) is 0 Å². The van der Waals surface area contributed by atoms with Gasteiger partial charge in [-0.25, -0.2) is 4.39 Å². The zero-order chi connectivity index (χ0) is 9.97. The van der Waals surface area contributed by atoms with Gasteiger partial charge in [0, 0.05) is 18.0 Å². The maximum Gasteiger partial charge on any atom is 0.131 e. The predicted molar refractivity (Wildman–Crippen MR) is 53.2 cm³/mol. The fraction of sp³-hybridized carbons (Fsp3) is 0.0833. The summed E-state index contributed by atoms with van der Waals surface area (Å²) in [5.41, 5.74) is 2.45. The highest BCUT2D eigenvalue weighted by Gasteiger charge is 2.05. The van der Waals surface area contributed by atoms with Gasteiger partial charge >= 0.3 is 0 Å². The largest absolute Gasteiger partial charge is 0.264 e. The van der Waals surface area contributed by atoms with Gasteiger partial charge in [0.25, 0.3) is 0 Å². The molecule has 1 radical (unpaired) electrons. The molecular formula is C12H9FN. The van der Waals surface area contributed by atoms with E-state index < -0.39 is 0 Å². The Labute approximate surface area is 82.2 Å². The van der Waals surface area contributed by atoms with E-state index in [-0.39, 0.29) is 5.82 Å². The minimum Gasteiger partial charge on any atom is -0.264 e. The number of hydrogen-bond acceptors (Lipinski definition) is 1. The van der Waals surface area contributed by atoms with Gasteiger partial charge in [0.15, 0.2) is 0 Å². The van der Waals surface area contributed by atoms with Crippen LogP contribution < -0.4 is 0 Å². The number of aryl methyl sites for hydroxylation is 1. The molecule has 0 bridgehead atoms. The van der Waals surface area contributed by atoms with Gasteiger partial charge in [-0.05, 0) is 36.2 Å². The summed E-state index contributed by atoms with van der Waals surface area (Å²) < 4.78 is 13.4. The first-order valence-electron chi connectivity index (χ1n) is 4.35. The van der Waals surface area contributed by atoms with E-state index in [9.17, 15) is 4.39 Å². The van der Waals surface area contributed by atoms with Crippen molar-refractivity contribution in [2.24, 2.45) is 0 Å². The van der Waals surface area contributed by atoms with E-state index in [0.717, 1.165) is 11.1 Å². The van der Waals surface area contributed by atoms with Gasteiger partial charge < -0.3 is 0 Å². The van der Waals surface area contributed by atoms with Crippen LogP contribution in [0.15, 0.2) is 36.7 Å². The fourth-order valence-electron chi connectivity index (χ4n) is 1.40. The topological polar surface area (TPSA) is 12.9 Å². The van der Waals surface area contributed by atoms with Gasteiger partial charge in [-0.2, -0.15) is 0 Å². The van der Waals surface area contributed by atoms with E-state index in [4.69, 9.17) is 0 Å². The third-order valence-corrected chi connectivity index (χ3v) is 2.12. The summed E-state index contributed by atoms with van der Waals surface area (Å²) in [4.78, 5) is 3.97. The molecular weight excluding hydrogens is 177 g/mol. The van der Waals surface area contributed by atoms with Crippen LogP contribution in [0.5, 0.6) is 0 Å². The molecule has 14 heavy (non-hydrogen) atoms. The minimum atomic E-state index is -0.248. The van der Waals surface area contributed by atoms with Crippen LogP contribution in [-0.4, -0.2) is 4.98 Å². The SMILES string of the molecule is Cc1cnccc1-c1cc[c]cc1F. The van der Waals surface area contributed by atoms with Crippen LogP contribution in [0, 0.1) is 18.8 Å². The zero-order valence-corrected chi connectivity index (χ0v) is 7.79. The maximum atomic E-state index is 13.4. The summed E-state index contributed by atoms with van der Waals surface area (Å²) in [5.74, 6) is -0.248. The van der Waals surface area contributed by atoms with Gasteiger partial charge in [-0.15, -0.1) is 0 Å². The van der Waals surface area contributed by atoms with Crippen molar-refractivity contribution in [2.75, 3.05) is 0 Å². The lowest BCUT2D eigenvalue weighted by atomic mass is 10.0. The highest BCUT2D eigenvalue weighted by atomic mass is 19.1. The summed E-state index contributed by atoms with van der Waals surface area (Å²) in [5, 5.41) is 0. The summed E-state index contributed by atoms with van der Waals surface area (Å²) in [6, 6.07) is 9.28. The predicted octanol–water partition coefficient (Wildman–Crippen LogP) is 3.00. The normalized spacial score (nSPS) is 10.1. The Hall–Kier alpha value is -1.70. The highest BCUT2D eigenvalue weighted by molar-refractivity contribution is 5.66. The molecule has 2 heteroatoms. The molecule has 0 saturated heterocycles. The standard InChI is InChI=1S/C12H9FN/c1-9-8-14-7-6-10(9)11-4-2-3-5-12(11)13/h2,4-8H,1H3. The second-order valence-electron chi connectivity index (χ2n) is 3.10. The first kappa shape index (κ1) is 8.88. The number of rotatable bonds is 1. The molecule has 0 saturated carbocycles. The Kier molecular flexibility index (Phi) is 2.27. The van der Waals surface area contributed by atoms with Crippen molar-refractivity contribution < 1.29 is 4.39 Å². The number of benzene rings is 1. The molecule has 0 amide bonds. The number of aromatic nitrogens is 1. The Balaban J connectivity index is 2.61. The van der Waals surface area contributed by atoms with Crippen LogP contribution in [0.2, 0.25) is 0 Å². The summed E-state index contributed by atoms with van der Waals surface area (Å²) >= 11 is 0. The molecule has 0 spiro atoms. The number of nitrogens with zero attached hydrogens (tertiary/aromatic N) is 1. The van der Waals surface area contributed by atoms with Crippen LogP contribution in [0.25, 0.3) is 11.1 Å². The smallest absolute Gasteiger partial charge is 0.131 e. The van der Waals surface area contributed by atoms with Crippen LogP contribution in [-0.2, 0) is 0 Å². The van der Waals surface area contributed by atoms with Crippen molar-refractivity contribution in [3.05, 3.63) is 54.1 Å². The van der Waals surface area contributed by atoms with E-state index in [1.54, 1.807) is 24.5 Å². The van der Waals surface area contributed by atoms with E-state index in [1.807, 2.05) is 13.0 Å². The van der Waals surface area contributed by atoms with E-state index in [0.29, 0.717) is 5.56 Å². The second-order valence-corrected chi connectivity index (χ2v) is 3.10. The summed E-state index contributed by atoms with van der Waals surface area (Å²) in [6.07, 6.45) is 3.39. The molecule has 0 N–H and O–H groups in total. The van der Waals surface area contributed by atoms with Crippen molar-refractivity contribution >= 4 is 0 Å². The van der Waals surface area contributed by atoms with Crippen LogP contribution in [0.3, 0.4) is 0 Å². The molecule has 2 aromatic rings. The van der Waals surface area contributed by atoms with Crippen molar-refractivity contribution in [2.45, 2.75) is 6.92 Å². The van der Waals surface area contributed by atoms with Gasteiger partial charge in [0.1, 0.15) is 5.82 Å². The minimum absolute atomic E-state index is 0.248. The third-order valence-electron chi connectivity index (χ3n) is 2.12. The molecule has 1 heterocycles. The number of hydrogen-bond donors (Lipinski definition) is 0. The molecule has 0 aliphatic heterocycles. The van der Waals surface area contributed by atoms with E-state index >= 15 is 0 Å². The molecule has 0 atom stereocenters. The van der Waals surface area contributed by atoms with Crippen LogP contribution >= 0.6 is 0 Å². The molecule has 0 unspecified atom stereocenters. The lowest BCUT2D eigenvalue weighted by molar-refractivity contribution is 0.631. The molecule has 0 fully saturated rings. The number of halogens is 1. The van der Waals surface area contributed by atoms with Crippen LogP contribution in [0.1, 0.15) is 5.56 Å². The number of pyridine rings is 1. The highest BCUT2D eigenvalue weighted by Crippen LogP contribution is 2.24. The van der Waals surface area contributed by atoms with E-state index in [2.05, 4.69) is 11.1 Å². The maximum absolute atomic E-state index is 13.4. The fourth-order valence-corrected chi connectivity index (χ4v) is 1.40. The van der Waals surface area contributed by atoms with Crippen molar-refractivity contribution in [1.82, 2.24) is 4.98 Å². The zero-order valence-electron chi connectivity index (χ0n) is 7.79. The quantitative estimate of drug-likeness (QED) is 0.667. The first-order valence-corrected chi connectivity index (χ1v) is 4.35. The molecule has 1 aromatic carbocycles. The van der Waals surface area contributed by atoms with Gasteiger partial charge in [-0.3, -0.25) is 4.98 Å². The van der Waals surface area contributed by atoms with Gasteiger partial charge in [-0.1, -0.05) is 12.1 Å². The van der Waals surface area contributed by atoms with Crippen molar-refractivity contribution in [3.63, 3.8) is 0 Å². The Morgan fingerprint density at radius 1 is 1.29 bits per heavy atom. The van der Waals surface area contributed by atoms with Gasteiger partial charge in [0.2, 0.25) is 0 Å². The average Bonchev–Trinajstić information content (AvgIpc) is 2.20. The Bertz CT molecular complexity index is 408. The Morgan fingerprint density at radius 2 is 2.14 bits per heavy atom. The molecule has 0 aliphatic rings. The summed E-state index contributed by atoms with van der Waals surface area (Å²) in [6.45, 7) is 1.92. The molecule has 1 nitrogen and oxygen atoms in total. The monoisotopic (exact) mass is 186 g/mol. The average molecular weight is 186 g/mol. The molecule has 2 rings (SSSR count). The molecule has 0 aliphatic carbocycles. The second kappa shape index (κ2) is 3.58. The van der Waals surface area contributed by atoms with Crippen molar-refractivity contribution in [1.29, 1.82) is 0 Å². The lowest BCUT2D eigenvalue weighted by Gasteiger charge is -2.05. The molecule has 1 aromatic heterocycles. The van der Waals surface area contributed by atoms with Crippen LogP contribution in [0.4, 0.5) is 4.39 Å². The first-order chi connectivity index (χ1) is 6.79. The van der Waals surface area contributed by atoms with Crippen molar-refractivity contribution in [3.8, 4) is 11.1 Å². The molecule has 69 valence electrons. The van der Waals surface area contributed by atoms with E-state index in [1.165, 1.54) is 6.07 Å².